The van der Waals surface area contributed by atoms with Crippen molar-refractivity contribution in [3.8, 4) is 5.75 Å². The van der Waals surface area contributed by atoms with Gasteiger partial charge in [-0.25, -0.2) is 0 Å². The Morgan fingerprint density at radius 3 is 1.85 bits per heavy atom. The van der Waals surface area contributed by atoms with Crippen molar-refractivity contribution in [3.05, 3.63) is 99.6 Å². The minimum atomic E-state index is -0.764. The van der Waals surface area contributed by atoms with Crippen LogP contribution in [0.2, 0.25) is 0 Å². The highest BCUT2D eigenvalue weighted by molar-refractivity contribution is 6.51. The number of carbonyl (C=O) groups is 2. The van der Waals surface area contributed by atoms with Crippen molar-refractivity contribution in [1.29, 1.82) is 0 Å². The minimum Gasteiger partial charge on any atom is -0.507 e. The molecule has 0 bridgehead atoms. The second-order valence-corrected chi connectivity index (χ2v) is 11.3. The van der Waals surface area contributed by atoms with Gasteiger partial charge in [0.2, 0.25) is 0 Å². The molecule has 0 saturated carbocycles. The molecule has 204 valence electrons. The van der Waals surface area contributed by atoms with E-state index in [-0.39, 0.29) is 17.3 Å². The predicted molar refractivity (Wildman–Crippen MR) is 158 cm³/mol. The first kappa shape index (κ1) is 28.2. The predicted octanol–water partition coefficient (Wildman–Crippen LogP) is 8.00. The number of hydrogen-bond donors (Lipinski definition) is 1. The lowest BCUT2D eigenvalue weighted by atomic mass is 9.90. The van der Waals surface area contributed by atoms with Gasteiger partial charge in [0.05, 0.1) is 18.7 Å². The first-order valence-corrected chi connectivity index (χ1v) is 13.7. The molecule has 3 aromatic rings. The van der Waals surface area contributed by atoms with Crippen molar-refractivity contribution in [2.24, 2.45) is 0 Å². The van der Waals surface area contributed by atoms with Gasteiger partial charge in [0, 0.05) is 11.3 Å². The van der Waals surface area contributed by atoms with E-state index in [4.69, 9.17) is 4.74 Å². The van der Waals surface area contributed by atoms with Crippen molar-refractivity contribution in [1.82, 2.24) is 0 Å². The number of carbonyl (C=O) groups excluding carboxylic acids is 2. The summed E-state index contributed by atoms with van der Waals surface area (Å²) in [6.45, 7) is 14.4. The number of rotatable bonds is 7. The molecule has 5 heteroatoms. The van der Waals surface area contributed by atoms with Crippen molar-refractivity contribution in [2.45, 2.75) is 72.3 Å². The molecule has 1 unspecified atom stereocenters. The molecule has 1 N–H and O–H groups in total. The van der Waals surface area contributed by atoms with Gasteiger partial charge in [-0.1, -0.05) is 77.9 Å². The summed E-state index contributed by atoms with van der Waals surface area (Å²) in [4.78, 5) is 28.8. The fourth-order valence-corrected chi connectivity index (χ4v) is 5.22. The zero-order chi connectivity index (χ0) is 28.6. The fraction of sp³-hybridized carbons (Fsp3) is 0.353. The molecular weight excluding hydrogens is 486 g/mol. The van der Waals surface area contributed by atoms with Crippen LogP contribution in [-0.2, 0) is 9.59 Å². The lowest BCUT2D eigenvalue weighted by Crippen LogP contribution is -2.29. The Labute approximate surface area is 232 Å². The molecule has 5 nitrogen and oxygen atoms in total. The van der Waals surface area contributed by atoms with Crippen molar-refractivity contribution >= 4 is 23.1 Å². The van der Waals surface area contributed by atoms with E-state index in [2.05, 4.69) is 27.7 Å². The topological polar surface area (TPSA) is 66.8 Å². The minimum absolute atomic E-state index is 0.0909. The van der Waals surface area contributed by atoms with E-state index in [1.165, 1.54) is 4.90 Å². The van der Waals surface area contributed by atoms with Gasteiger partial charge in [0.1, 0.15) is 11.5 Å². The van der Waals surface area contributed by atoms with Gasteiger partial charge in [-0.3, -0.25) is 14.5 Å². The Morgan fingerprint density at radius 2 is 1.36 bits per heavy atom. The molecule has 0 aromatic heterocycles. The number of benzene rings is 3. The van der Waals surface area contributed by atoms with Gasteiger partial charge in [0.25, 0.3) is 11.7 Å². The highest BCUT2D eigenvalue weighted by atomic mass is 16.5. The van der Waals surface area contributed by atoms with Crippen molar-refractivity contribution < 1.29 is 19.4 Å². The molecule has 3 aromatic carbocycles. The maximum absolute atomic E-state index is 13.7. The van der Waals surface area contributed by atoms with Gasteiger partial charge in [-0.15, -0.1) is 0 Å². The highest BCUT2D eigenvalue weighted by Gasteiger charge is 2.47. The summed E-state index contributed by atoms with van der Waals surface area (Å²) in [7, 11) is 1.62. The molecule has 0 spiro atoms. The van der Waals surface area contributed by atoms with Crippen LogP contribution in [0.15, 0.2) is 66.2 Å². The van der Waals surface area contributed by atoms with Crippen LogP contribution in [0.3, 0.4) is 0 Å². The van der Waals surface area contributed by atoms with Gasteiger partial charge < -0.3 is 9.84 Å². The van der Waals surface area contributed by atoms with Crippen LogP contribution in [0.1, 0.15) is 98.7 Å². The van der Waals surface area contributed by atoms with Crippen LogP contribution in [-0.4, -0.2) is 23.9 Å². The van der Waals surface area contributed by atoms with E-state index in [1.807, 2.05) is 81.4 Å². The normalized spacial score (nSPS) is 17.1. The average molecular weight is 526 g/mol. The quantitative estimate of drug-likeness (QED) is 0.193. The number of aryl methyl sites for hydroxylation is 1. The second-order valence-electron chi connectivity index (χ2n) is 11.3. The largest absolute Gasteiger partial charge is 0.507 e. The van der Waals surface area contributed by atoms with Crippen LogP contribution in [0, 0.1) is 6.92 Å². The van der Waals surface area contributed by atoms with Gasteiger partial charge in [-0.2, -0.15) is 0 Å². The molecular formula is C34H39NO4. The first-order chi connectivity index (χ1) is 18.5. The van der Waals surface area contributed by atoms with E-state index in [1.54, 1.807) is 7.11 Å². The number of aliphatic hydroxyl groups excluding tert-OH is 1. The number of amides is 1. The Balaban J connectivity index is 1.95. The number of Topliss-reactive ketones (excluding diaryl/α,β-unsaturated/α-hetero) is 1. The monoisotopic (exact) mass is 525 g/mol. The number of ketones is 1. The molecule has 0 radical (unpaired) electrons. The summed E-state index contributed by atoms with van der Waals surface area (Å²) in [6.07, 6.45) is 0. The number of nitrogens with zero attached hydrogens (tertiary/aromatic N) is 1. The average Bonchev–Trinajstić information content (AvgIpc) is 3.18. The molecule has 1 heterocycles. The van der Waals surface area contributed by atoms with E-state index < -0.39 is 17.7 Å². The van der Waals surface area contributed by atoms with Gasteiger partial charge >= 0.3 is 0 Å². The van der Waals surface area contributed by atoms with E-state index in [0.717, 1.165) is 33.6 Å². The summed E-state index contributed by atoms with van der Waals surface area (Å²) in [6, 6.07) is 18.7. The van der Waals surface area contributed by atoms with E-state index >= 15 is 0 Å². The smallest absolute Gasteiger partial charge is 0.300 e. The van der Waals surface area contributed by atoms with Crippen molar-refractivity contribution in [3.63, 3.8) is 0 Å². The van der Waals surface area contributed by atoms with E-state index in [9.17, 15) is 14.7 Å². The lowest BCUT2D eigenvalue weighted by Gasteiger charge is -2.26. The number of hydrogen-bond acceptors (Lipinski definition) is 4. The van der Waals surface area contributed by atoms with Crippen molar-refractivity contribution in [2.75, 3.05) is 12.0 Å². The highest BCUT2D eigenvalue weighted by Crippen LogP contribution is 2.44. The summed E-state index contributed by atoms with van der Waals surface area (Å²) >= 11 is 0. The standard InChI is InChI=1S/C34H39NO4/c1-19(2)23-9-11-25(12-10-23)31-30(32(36)28-18-27(21(5)6)29(39-8)17-22(28)7)33(37)34(38)35(31)26-15-13-24(14-16-26)20(3)4/h9-21,31,36H,1-8H3/b32-30+. The lowest BCUT2D eigenvalue weighted by molar-refractivity contribution is -0.132. The number of methoxy groups -OCH3 is 1. The summed E-state index contributed by atoms with van der Waals surface area (Å²) < 4.78 is 5.58. The van der Waals surface area contributed by atoms with Crippen LogP contribution in [0.4, 0.5) is 5.69 Å². The molecule has 1 aliphatic rings. The number of anilines is 1. The van der Waals surface area contributed by atoms with Gasteiger partial charge in [-0.05, 0) is 76.8 Å². The number of ether oxygens (including phenoxy) is 1. The zero-order valence-corrected chi connectivity index (χ0v) is 24.2. The number of aliphatic hydroxyl groups is 1. The molecule has 0 aliphatic carbocycles. The third kappa shape index (κ3) is 5.23. The Morgan fingerprint density at radius 1 is 0.821 bits per heavy atom. The Hall–Kier alpha value is -3.86. The summed E-state index contributed by atoms with van der Waals surface area (Å²) in [5.74, 6) is 0.0164. The molecule has 1 saturated heterocycles. The molecule has 1 fully saturated rings. The zero-order valence-electron chi connectivity index (χ0n) is 24.2. The van der Waals surface area contributed by atoms with Crippen LogP contribution >= 0.6 is 0 Å². The first-order valence-electron chi connectivity index (χ1n) is 13.7. The molecule has 4 rings (SSSR count). The van der Waals surface area contributed by atoms with Crippen LogP contribution in [0.5, 0.6) is 5.75 Å². The third-order valence-electron chi connectivity index (χ3n) is 7.66. The summed E-state index contributed by atoms with van der Waals surface area (Å²) in [5, 5.41) is 11.8. The molecule has 39 heavy (non-hydrogen) atoms. The van der Waals surface area contributed by atoms with E-state index in [0.29, 0.717) is 23.1 Å². The molecule has 1 amide bonds. The molecule has 1 aliphatic heterocycles. The second kappa shape index (κ2) is 11.1. The van der Waals surface area contributed by atoms with Gasteiger partial charge in [0.15, 0.2) is 0 Å². The third-order valence-corrected chi connectivity index (χ3v) is 7.66. The maximum atomic E-state index is 13.7. The Kier molecular flexibility index (Phi) is 8.01. The fourth-order valence-electron chi connectivity index (χ4n) is 5.22. The van der Waals surface area contributed by atoms with Crippen LogP contribution < -0.4 is 9.64 Å². The maximum Gasteiger partial charge on any atom is 0.300 e. The molecule has 1 atom stereocenters. The van der Waals surface area contributed by atoms with Crippen LogP contribution in [0.25, 0.3) is 5.76 Å². The summed E-state index contributed by atoms with van der Waals surface area (Å²) in [5.41, 5.74) is 5.98. The SMILES string of the molecule is COc1cc(C)c(/C(O)=C2\C(=O)C(=O)N(c3ccc(C(C)C)cc3)C2c2ccc(C(C)C)cc2)cc1C(C)C. The Bertz CT molecular complexity index is 1410.